The third-order valence-electron chi connectivity index (χ3n) is 3.42. The Labute approximate surface area is 157 Å². The fourth-order valence-electron chi connectivity index (χ4n) is 2.25. The molecule has 0 aliphatic rings. The molecule has 5 nitrogen and oxygen atoms in total. The molecule has 0 spiro atoms. The monoisotopic (exact) mass is 424 g/mol. The zero-order chi connectivity index (χ0) is 18.4. The molecule has 0 saturated heterocycles. The van der Waals surface area contributed by atoms with Gasteiger partial charge in [0.05, 0.1) is 22.2 Å². The lowest BCUT2D eigenvalue weighted by Gasteiger charge is -2.08. The van der Waals surface area contributed by atoms with Gasteiger partial charge in [-0.25, -0.2) is 4.83 Å². The maximum absolute atomic E-state index is 12.3. The van der Waals surface area contributed by atoms with Gasteiger partial charge < -0.3 is 4.74 Å². The van der Waals surface area contributed by atoms with Gasteiger partial charge in [-0.1, -0.05) is 24.6 Å². The van der Waals surface area contributed by atoms with E-state index in [1.807, 2.05) is 38.1 Å². The summed E-state index contributed by atoms with van der Waals surface area (Å²) < 4.78 is 31.1. The van der Waals surface area contributed by atoms with Crippen LogP contribution < -0.4 is 9.57 Å². The number of aryl methyl sites for hydroxylation is 2. The van der Waals surface area contributed by atoms with Crippen molar-refractivity contribution in [1.82, 2.24) is 4.83 Å². The summed E-state index contributed by atoms with van der Waals surface area (Å²) >= 11 is 3.44. The molecule has 0 heterocycles. The molecular weight excluding hydrogens is 404 g/mol. The lowest BCUT2D eigenvalue weighted by molar-refractivity contribution is 0.315. The number of sulfonamides is 1. The molecule has 0 fully saturated rings. The van der Waals surface area contributed by atoms with Crippen LogP contribution in [0.3, 0.4) is 0 Å². The Kier molecular flexibility index (Phi) is 6.61. The van der Waals surface area contributed by atoms with E-state index in [2.05, 4.69) is 25.9 Å². The van der Waals surface area contributed by atoms with E-state index in [4.69, 9.17) is 4.74 Å². The van der Waals surface area contributed by atoms with Crippen LogP contribution in [-0.2, 0) is 10.0 Å². The first kappa shape index (κ1) is 19.5. The summed E-state index contributed by atoms with van der Waals surface area (Å²) in [7, 11) is -3.69. The third kappa shape index (κ3) is 5.31. The summed E-state index contributed by atoms with van der Waals surface area (Å²) in [5, 5.41) is 3.86. The van der Waals surface area contributed by atoms with Gasteiger partial charge >= 0.3 is 0 Å². The molecule has 1 N–H and O–H groups in total. The highest BCUT2D eigenvalue weighted by molar-refractivity contribution is 9.10. The number of benzene rings is 2. The Morgan fingerprint density at radius 2 is 1.96 bits per heavy atom. The molecule has 7 heteroatoms. The van der Waals surface area contributed by atoms with Crippen molar-refractivity contribution in [3.05, 3.63) is 57.6 Å². The number of ether oxygens (including phenoxy) is 1. The number of halogens is 1. The van der Waals surface area contributed by atoms with Crippen molar-refractivity contribution < 1.29 is 13.2 Å². The molecule has 25 heavy (non-hydrogen) atoms. The van der Waals surface area contributed by atoms with Crippen molar-refractivity contribution in [1.29, 1.82) is 0 Å². The lowest BCUT2D eigenvalue weighted by Crippen LogP contribution is -2.19. The summed E-state index contributed by atoms with van der Waals surface area (Å²) in [5.74, 6) is 0.745. The quantitative estimate of drug-likeness (QED) is 0.535. The maximum Gasteiger partial charge on any atom is 0.276 e. The molecule has 134 valence electrons. The smallest absolute Gasteiger partial charge is 0.276 e. The van der Waals surface area contributed by atoms with Gasteiger partial charge in [0.15, 0.2) is 0 Å². The predicted molar refractivity (Wildman–Crippen MR) is 104 cm³/mol. The minimum Gasteiger partial charge on any atom is -0.492 e. The number of nitrogens with zero attached hydrogens (tertiary/aromatic N) is 1. The van der Waals surface area contributed by atoms with E-state index in [0.717, 1.165) is 27.8 Å². The summed E-state index contributed by atoms with van der Waals surface area (Å²) in [6.45, 7) is 6.36. The highest BCUT2D eigenvalue weighted by atomic mass is 79.9. The van der Waals surface area contributed by atoms with Crippen LogP contribution in [0.25, 0.3) is 0 Å². The van der Waals surface area contributed by atoms with Crippen LogP contribution in [0.2, 0.25) is 0 Å². The van der Waals surface area contributed by atoms with Gasteiger partial charge in [0.25, 0.3) is 10.0 Å². The molecule has 0 radical (unpaired) electrons. The highest BCUT2D eigenvalue weighted by Gasteiger charge is 2.15. The van der Waals surface area contributed by atoms with Crippen LogP contribution in [0.15, 0.2) is 50.9 Å². The standard InChI is InChI=1S/C18H21BrN2O3S/c1-4-9-24-17-7-6-15(11-16(17)19)12-20-21-25(22,23)18-8-5-13(2)10-14(18)3/h5-8,10-12,21H,4,9H2,1-3H3/b20-12+. The Morgan fingerprint density at radius 1 is 1.20 bits per heavy atom. The Bertz CT molecular complexity index is 880. The number of hydrogen-bond acceptors (Lipinski definition) is 4. The van der Waals surface area contributed by atoms with E-state index in [-0.39, 0.29) is 4.90 Å². The van der Waals surface area contributed by atoms with Crippen LogP contribution in [0.5, 0.6) is 5.75 Å². The average Bonchev–Trinajstić information content (AvgIpc) is 2.53. The molecule has 0 unspecified atom stereocenters. The van der Waals surface area contributed by atoms with Gasteiger partial charge in [-0.2, -0.15) is 13.5 Å². The average molecular weight is 425 g/mol. The zero-order valence-electron chi connectivity index (χ0n) is 14.4. The molecular formula is C18H21BrN2O3S. The van der Waals surface area contributed by atoms with Crippen LogP contribution in [0, 0.1) is 13.8 Å². The Morgan fingerprint density at radius 3 is 2.60 bits per heavy atom. The van der Waals surface area contributed by atoms with Gasteiger partial charge in [0, 0.05) is 0 Å². The maximum atomic E-state index is 12.3. The van der Waals surface area contributed by atoms with E-state index >= 15 is 0 Å². The first-order valence-electron chi connectivity index (χ1n) is 7.88. The Balaban J connectivity index is 2.10. The van der Waals surface area contributed by atoms with Gasteiger partial charge in [0.1, 0.15) is 5.75 Å². The summed E-state index contributed by atoms with van der Waals surface area (Å²) in [6.07, 6.45) is 2.38. The molecule has 0 aromatic heterocycles. The normalized spacial score (nSPS) is 11.7. The van der Waals surface area contributed by atoms with Gasteiger partial charge in [-0.3, -0.25) is 0 Å². The molecule has 0 bridgehead atoms. The number of rotatable bonds is 7. The number of nitrogens with one attached hydrogen (secondary N) is 1. The molecule has 0 amide bonds. The number of hydrazone groups is 1. The van der Waals surface area contributed by atoms with Crippen LogP contribution >= 0.6 is 15.9 Å². The third-order valence-corrected chi connectivity index (χ3v) is 5.43. The topological polar surface area (TPSA) is 67.8 Å². The minimum absolute atomic E-state index is 0.222. The fraction of sp³-hybridized carbons (Fsp3) is 0.278. The second-order valence-corrected chi connectivity index (χ2v) is 8.14. The second kappa shape index (κ2) is 8.49. The molecule has 2 aromatic carbocycles. The first-order chi connectivity index (χ1) is 11.8. The first-order valence-corrected chi connectivity index (χ1v) is 10.2. The summed E-state index contributed by atoms with van der Waals surface area (Å²) in [6, 6.07) is 10.6. The van der Waals surface area contributed by atoms with Gasteiger partial charge in [-0.05, 0) is 71.6 Å². The fourth-order valence-corrected chi connectivity index (χ4v) is 3.78. The van der Waals surface area contributed by atoms with Crippen molar-refractivity contribution in [3.8, 4) is 5.75 Å². The molecule has 2 aromatic rings. The van der Waals surface area contributed by atoms with Crippen molar-refractivity contribution in [2.45, 2.75) is 32.1 Å². The van der Waals surface area contributed by atoms with E-state index in [9.17, 15) is 8.42 Å². The molecule has 2 rings (SSSR count). The molecule has 0 aliphatic heterocycles. The van der Waals surface area contributed by atoms with Crippen LogP contribution in [0.1, 0.15) is 30.0 Å². The zero-order valence-corrected chi connectivity index (χ0v) is 16.8. The second-order valence-electron chi connectivity index (χ2n) is 5.66. The predicted octanol–water partition coefficient (Wildman–Crippen LogP) is 4.17. The van der Waals surface area contributed by atoms with Crippen molar-refractivity contribution in [2.24, 2.45) is 5.10 Å². The largest absolute Gasteiger partial charge is 0.492 e. The SMILES string of the molecule is CCCOc1ccc(/C=N/NS(=O)(=O)c2ccc(C)cc2C)cc1Br. The van der Waals surface area contributed by atoms with Gasteiger partial charge in [-0.15, -0.1) is 0 Å². The Hall–Kier alpha value is -1.86. The van der Waals surface area contributed by atoms with Crippen molar-refractivity contribution in [2.75, 3.05) is 6.61 Å². The molecule has 0 aliphatic carbocycles. The van der Waals surface area contributed by atoms with Crippen molar-refractivity contribution in [3.63, 3.8) is 0 Å². The number of hydrogen-bond donors (Lipinski definition) is 1. The molecule has 0 atom stereocenters. The van der Waals surface area contributed by atoms with Crippen LogP contribution in [-0.4, -0.2) is 21.2 Å². The van der Waals surface area contributed by atoms with Crippen molar-refractivity contribution >= 4 is 32.2 Å². The van der Waals surface area contributed by atoms with E-state index in [1.54, 1.807) is 19.1 Å². The minimum atomic E-state index is -3.69. The van der Waals surface area contributed by atoms with Gasteiger partial charge in [0.2, 0.25) is 0 Å². The highest BCUT2D eigenvalue weighted by Crippen LogP contribution is 2.25. The van der Waals surface area contributed by atoms with E-state index in [1.165, 1.54) is 6.21 Å². The summed E-state index contributed by atoms with van der Waals surface area (Å²) in [5.41, 5.74) is 2.44. The van der Waals surface area contributed by atoms with Crippen LogP contribution in [0.4, 0.5) is 0 Å². The lowest BCUT2D eigenvalue weighted by atomic mass is 10.2. The van der Waals surface area contributed by atoms with E-state index < -0.39 is 10.0 Å². The van der Waals surface area contributed by atoms with E-state index in [0.29, 0.717) is 12.2 Å². The summed E-state index contributed by atoms with van der Waals surface area (Å²) in [4.78, 5) is 2.47. The molecule has 0 saturated carbocycles.